The van der Waals surface area contributed by atoms with Crippen LogP contribution in [0.3, 0.4) is 0 Å². The van der Waals surface area contributed by atoms with Crippen molar-refractivity contribution >= 4 is 5.78 Å². The highest BCUT2D eigenvalue weighted by Crippen LogP contribution is 2.28. The Morgan fingerprint density at radius 2 is 1.75 bits per heavy atom. The van der Waals surface area contributed by atoms with Gasteiger partial charge in [0.1, 0.15) is 17.3 Å². The summed E-state index contributed by atoms with van der Waals surface area (Å²) in [6.07, 6.45) is 2.64. The molecule has 1 aromatic carbocycles. The van der Waals surface area contributed by atoms with Gasteiger partial charge in [-0.25, -0.2) is 0 Å². The van der Waals surface area contributed by atoms with Crippen molar-refractivity contribution in [2.24, 2.45) is 0 Å². The molecule has 1 aliphatic carbocycles. The van der Waals surface area contributed by atoms with Crippen molar-refractivity contribution in [2.45, 2.75) is 39.7 Å². The van der Waals surface area contributed by atoms with Crippen molar-refractivity contribution in [3.63, 3.8) is 0 Å². The van der Waals surface area contributed by atoms with Crippen molar-refractivity contribution in [3.05, 3.63) is 52.5 Å². The van der Waals surface area contributed by atoms with Crippen LogP contribution in [0.2, 0.25) is 0 Å². The Morgan fingerprint density at radius 3 is 2.25 bits per heavy atom. The highest BCUT2D eigenvalue weighted by Gasteiger charge is 2.24. The molecular formula is C17H18O3. The van der Waals surface area contributed by atoms with Crippen LogP contribution in [0, 0.1) is 20.8 Å². The minimum atomic E-state index is 0.00909. The van der Waals surface area contributed by atoms with Crippen LogP contribution in [-0.2, 0) is 0 Å². The lowest BCUT2D eigenvalue weighted by atomic mass is 10.00. The first-order valence-corrected chi connectivity index (χ1v) is 6.94. The highest BCUT2D eigenvalue weighted by molar-refractivity contribution is 6.10. The van der Waals surface area contributed by atoms with E-state index in [1.165, 1.54) is 0 Å². The van der Waals surface area contributed by atoms with Gasteiger partial charge in [-0.05, 0) is 57.9 Å². The summed E-state index contributed by atoms with van der Waals surface area (Å²) in [5, 5.41) is 0. The fourth-order valence-corrected chi connectivity index (χ4v) is 2.34. The quantitative estimate of drug-likeness (QED) is 0.789. The van der Waals surface area contributed by atoms with E-state index in [-0.39, 0.29) is 5.78 Å². The van der Waals surface area contributed by atoms with Gasteiger partial charge in [0.25, 0.3) is 0 Å². The third kappa shape index (κ3) is 2.36. The summed E-state index contributed by atoms with van der Waals surface area (Å²) < 4.78 is 11.2. The molecule has 2 aromatic rings. The maximum Gasteiger partial charge on any atom is 0.196 e. The zero-order valence-electron chi connectivity index (χ0n) is 12.0. The average molecular weight is 270 g/mol. The first-order chi connectivity index (χ1) is 9.56. The highest BCUT2D eigenvalue weighted by atomic mass is 16.5. The summed E-state index contributed by atoms with van der Waals surface area (Å²) in [6.45, 7) is 5.63. The number of furan rings is 1. The number of hydrogen-bond donors (Lipinski definition) is 0. The molecule has 3 nitrogen and oxygen atoms in total. The van der Waals surface area contributed by atoms with Gasteiger partial charge in [-0.3, -0.25) is 4.79 Å². The lowest BCUT2D eigenvalue weighted by Gasteiger charge is -2.05. The Kier molecular flexibility index (Phi) is 3.13. The lowest BCUT2D eigenvalue weighted by molar-refractivity contribution is 0.103. The van der Waals surface area contributed by atoms with E-state index < -0.39 is 0 Å². The topological polar surface area (TPSA) is 39.4 Å². The van der Waals surface area contributed by atoms with Crippen LogP contribution in [0.5, 0.6) is 5.75 Å². The van der Waals surface area contributed by atoms with E-state index in [0.29, 0.717) is 23.0 Å². The van der Waals surface area contributed by atoms with Crippen molar-refractivity contribution in [1.29, 1.82) is 0 Å². The van der Waals surface area contributed by atoms with Gasteiger partial charge in [-0.15, -0.1) is 0 Å². The minimum absolute atomic E-state index is 0.00909. The Hall–Kier alpha value is -2.03. The molecule has 0 spiro atoms. The van der Waals surface area contributed by atoms with Crippen LogP contribution in [0.15, 0.2) is 28.7 Å². The molecule has 0 amide bonds. The van der Waals surface area contributed by atoms with Crippen LogP contribution < -0.4 is 4.74 Å². The smallest absolute Gasteiger partial charge is 0.196 e. The lowest BCUT2D eigenvalue weighted by Crippen LogP contribution is -2.04. The minimum Gasteiger partial charge on any atom is -0.490 e. The third-order valence-corrected chi connectivity index (χ3v) is 3.73. The molecule has 0 atom stereocenters. The first kappa shape index (κ1) is 13.0. The van der Waals surface area contributed by atoms with Crippen molar-refractivity contribution < 1.29 is 13.9 Å². The maximum absolute atomic E-state index is 12.5. The number of rotatable bonds is 4. The van der Waals surface area contributed by atoms with Gasteiger partial charge in [0.05, 0.1) is 11.7 Å². The fraction of sp³-hybridized carbons (Fsp3) is 0.353. The molecule has 0 saturated heterocycles. The number of carbonyl (C=O) groups excluding carboxylic acids is 1. The van der Waals surface area contributed by atoms with Gasteiger partial charge in [0.15, 0.2) is 5.78 Å². The molecule has 0 N–H and O–H groups in total. The number of ether oxygens (including phenoxy) is 1. The molecule has 1 fully saturated rings. The van der Waals surface area contributed by atoms with Crippen LogP contribution in [0.1, 0.15) is 45.8 Å². The average Bonchev–Trinajstić information content (AvgIpc) is 3.19. The van der Waals surface area contributed by atoms with Crippen LogP contribution in [0.4, 0.5) is 0 Å². The van der Waals surface area contributed by atoms with Crippen molar-refractivity contribution in [3.8, 4) is 5.75 Å². The third-order valence-electron chi connectivity index (χ3n) is 3.73. The van der Waals surface area contributed by atoms with Gasteiger partial charge in [-0.1, -0.05) is 0 Å². The molecule has 1 heterocycles. The van der Waals surface area contributed by atoms with Gasteiger partial charge in [-0.2, -0.15) is 0 Å². The standard InChI is InChI=1S/C17H18O3/c1-10-11(2)19-12(3)16(10)17(18)13-4-6-14(7-5-13)20-15-8-9-15/h4-7,15H,8-9H2,1-3H3. The maximum atomic E-state index is 12.5. The molecule has 1 saturated carbocycles. The largest absolute Gasteiger partial charge is 0.490 e. The number of benzene rings is 1. The van der Waals surface area contributed by atoms with Crippen LogP contribution in [0.25, 0.3) is 0 Å². The molecule has 1 aliphatic rings. The molecule has 0 aliphatic heterocycles. The summed E-state index contributed by atoms with van der Waals surface area (Å²) in [7, 11) is 0. The Labute approximate surface area is 118 Å². The Bertz CT molecular complexity index is 646. The molecule has 3 rings (SSSR count). The van der Waals surface area contributed by atoms with Gasteiger partial charge >= 0.3 is 0 Å². The van der Waals surface area contributed by atoms with Crippen molar-refractivity contribution in [2.75, 3.05) is 0 Å². The second-order valence-corrected chi connectivity index (χ2v) is 5.39. The summed E-state index contributed by atoms with van der Waals surface area (Å²) in [5.74, 6) is 2.33. The molecule has 3 heteroatoms. The molecule has 1 aromatic heterocycles. The fourth-order valence-electron chi connectivity index (χ4n) is 2.34. The van der Waals surface area contributed by atoms with E-state index in [2.05, 4.69) is 0 Å². The van der Waals surface area contributed by atoms with Crippen LogP contribution in [-0.4, -0.2) is 11.9 Å². The SMILES string of the molecule is Cc1oc(C)c(C(=O)c2ccc(OC3CC3)cc2)c1C. The zero-order chi connectivity index (χ0) is 14.3. The first-order valence-electron chi connectivity index (χ1n) is 6.94. The van der Waals surface area contributed by atoms with Gasteiger partial charge in [0, 0.05) is 11.1 Å². The van der Waals surface area contributed by atoms with Crippen LogP contribution >= 0.6 is 0 Å². The summed E-state index contributed by atoms with van der Waals surface area (Å²) >= 11 is 0. The summed E-state index contributed by atoms with van der Waals surface area (Å²) in [5.41, 5.74) is 2.27. The predicted molar refractivity (Wildman–Crippen MR) is 76.4 cm³/mol. The van der Waals surface area contributed by atoms with Gasteiger partial charge in [0.2, 0.25) is 0 Å². The van der Waals surface area contributed by atoms with E-state index >= 15 is 0 Å². The number of ketones is 1. The molecule has 0 radical (unpaired) electrons. The molecular weight excluding hydrogens is 252 g/mol. The number of hydrogen-bond acceptors (Lipinski definition) is 3. The van der Waals surface area contributed by atoms with Gasteiger partial charge < -0.3 is 9.15 Å². The molecule has 0 bridgehead atoms. The monoisotopic (exact) mass is 270 g/mol. The Morgan fingerprint density at radius 1 is 1.10 bits per heavy atom. The van der Waals surface area contributed by atoms with Crippen molar-refractivity contribution in [1.82, 2.24) is 0 Å². The van der Waals surface area contributed by atoms with E-state index in [0.717, 1.165) is 29.9 Å². The Balaban J connectivity index is 1.85. The van der Waals surface area contributed by atoms with E-state index in [1.807, 2.05) is 45.0 Å². The van der Waals surface area contributed by atoms with E-state index in [4.69, 9.17) is 9.15 Å². The summed E-state index contributed by atoms with van der Waals surface area (Å²) in [6, 6.07) is 7.37. The summed E-state index contributed by atoms with van der Waals surface area (Å²) in [4.78, 5) is 12.5. The van der Waals surface area contributed by atoms with E-state index in [1.54, 1.807) is 0 Å². The number of carbonyl (C=O) groups is 1. The zero-order valence-corrected chi connectivity index (χ0v) is 12.0. The second-order valence-electron chi connectivity index (χ2n) is 5.39. The molecule has 104 valence electrons. The predicted octanol–water partition coefficient (Wildman–Crippen LogP) is 3.98. The second kappa shape index (κ2) is 4.82. The number of aryl methyl sites for hydroxylation is 2. The normalized spacial score (nSPS) is 14.3. The van der Waals surface area contributed by atoms with E-state index in [9.17, 15) is 4.79 Å². The molecule has 20 heavy (non-hydrogen) atoms. The molecule has 0 unspecified atom stereocenters.